The second kappa shape index (κ2) is 12.1. The van der Waals surface area contributed by atoms with E-state index in [2.05, 4.69) is 14.8 Å². The van der Waals surface area contributed by atoms with Crippen LogP contribution in [0.5, 0.6) is 0 Å². The number of rotatable bonds is 7. The Morgan fingerprint density at radius 1 is 1.00 bits per heavy atom. The molecule has 0 N–H and O–H groups in total. The van der Waals surface area contributed by atoms with Gasteiger partial charge in [0.05, 0.1) is 12.7 Å². The summed E-state index contributed by atoms with van der Waals surface area (Å²) in [6.07, 6.45) is 0. The van der Waals surface area contributed by atoms with Crippen molar-refractivity contribution in [3.8, 4) is 0 Å². The molecule has 2 aliphatic rings. The van der Waals surface area contributed by atoms with E-state index < -0.39 is 23.8 Å². The number of halogens is 2. The SMILES string of the molecule is COC(=O)C1C(C)=NC(C)=C(C(=O)OCCN2CCN(c3ccc(Cl)cc3)CC2)C1c1cccc(Cl)c1. The van der Waals surface area contributed by atoms with E-state index in [0.717, 1.165) is 42.5 Å². The Labute approximate surface area is 227 Å². The molecule has 2 aliphatic heterocycles. The molecule has 0 aliphatic carbocycles. The predicted molar refractivity (Wildman–Crippen MR) is 147 cm³/mol. The van der Waals surface area contributed by atoms with E-state index in [4.69, 9.17) is 32.7 Å². The second-order valence-electron chi connectivity index (χ2n) is 9.23. The Kier molecular flexibility index (Phi) is 8.90. The van der Waals surface area contributed by atoms with E-state index in [0.29, 0.717) is 28.5 Å². The summed E-state index contributed by atoms with van der Waals surface area (Å²) in [5.41, 5.74) is 3.37. The molecule has 9 heteroatoms. The summed E-state index contributed by atoms with van der Waals surface area (Å²) >= 11 is 12.3. The molecular formula is C28H31Cl2N3O4. The minimum absolute atomic E-state index is 0.240. The molecule has 37 heavy (non-hydrogen) atoms. The highest BCUT2D eigenvalue weighted by Crippen LogP contribution is 2.40. The van der Waals surface area contributed by atoms with Crippen molar-refractivity contribution in [2.24, 2.45) is 10.9 Å². The molecule has 2 aromatic rings. The van der Waals surface area contributed by atoms with Crippen LogP contribution >= 0.6 is 23.2 Å². The van der Waals surface area contributed by atoms with Crippen molar-refractivity contribution in [3.63, 3.8) is 0 Å². The number of nitrogens with zero attached hydrogens (tertiary/aromatic N) is 3. The number of anilines is 1. The van der Waals surface area contributed by atoms with E-state index in [-0.39, 0.29) is 6.61 Å². The first kappa shape index (κ1) is 27.2. The van der Waals surface area contributed by atoms with E-state index in [1.807, 2.05) is 30.3 Å². The van der Waals surface area contributed by atoms with Crippen molar-refractivity contribution in [2.45, 2.75) is 19.8 Å². The van der Waals surface area contributed by atoms with Crippen LogP contribution in [0.3, 0.4) is 0 Å². The largest absolute Gasteiger partial charge is 0.468 e. The Bertz CT molecular complexity index is 1200. The van der Waals surface area contributed by atoms with Gasteiger partial charge in [-0.2, -0.15) is 0 Å². The normalized spacial score (nSPS) is 20.5. The van der Waals surface area contributed by atoms with E-state index >= 15 is 0 Å². The van der Waals surface area contributed by atoms with Gasteiger partial charge in [-0.1, -0.05) is 35.3 Å². The summed E-state index contributed by atoms with van der Waals surface area (Å²) in [6.45, 7) is 7.88. The maximum absolute atomic E-state index is 13.4. The van der Waals surface area contributed by atoms with Crippen LogP contribution in [0.4, 0.5) is 5.69 Å². The molecule has 1 fully saturated rings. The Morgan fingerprint density at radius 2 is 1.70 bits per heavy atom. The lowest BCUT2D eigenvalue weighted by Crippen LogP contribution is -2.47. The van der Waals surface area contributed by atoms with Crippen LogP contribution in [0.15, 0.2) is 64.8 Å². The second-order valence-corrected chi connectivity index (χ2v) is 10.1. The molecule has 1 saturated heterocycles. The molecule has 2 unspecified atom stereocenters. The van der Waals surface area contributed by atoms with Crippen molar-refractivity contribution in [2.75, 3.05) is 51.3 Å². The zero-order chi connectivity index (χ0) is 26.5. The number of hydrogen-bond acceptors (Lipinski definition) is 7. The monoisotopic (exact) mass is 543 g/mol. The van der Waals surface area contributed by atoms with Gasteiger partial charge in [0.25, 0.3) is 0 Å². The number of methoxy groups -OCH3 is 1. The lowest BCUT2D eigenvalue weighted by atomic mass is 9.75. The van der Waals surface area contributed by atoms with E-state index in [1.165, 1.54) is 7.11 Å². The molecule has 2 atom stereocenters. The smallest absolute Gasteiger partial charge is 0.336 e. The van der Waals surface area contributed by atoms with Gasteiger partial charge < -0.3 is 14.4 Å². The van der Waals surface area contributed by atoms with Gasteiger partial charge in [0.15, 0.2) is 0 Å². The maximum Gasteiger partial charge on any atom is 0.336 e. The zero-order valence-corrected chi connectivity index (χ0v) is 22.8. The minimum Gasteiger partial charge on any atom is -0.468 e. The summed E-state index contributed by atoms with van der Waals surface area (Å²) in [7, 11) is 1.33. The average Bonchev–Trinajstić information content (AvgIpc) is 2.88. The van der Waals surface area contributed by atoms with Crippen molar-refractivity contribution in [3.05, 3.63) is 75.4 Å². The molecule has 0 aromatic heterocycles. The number of hydrogen-bond donors (Lipinski definition) is 0. The number of carbonyl (C=O) groups excluding carboxylic acids is 2. The van der Waals surface area contributed by atoms with Crippen LogP contribution in [-0.2, 0) is 19.1 Å². The third-order valence-electron chi connectivity index (χ3n) is 6.92. The molecule has 7 nitrogen and oxygen atoms in total. The first-order valence-electron chi connectivity index (χ1n) is 12.3. The topological polar surface area (TPSA) is 71.4 Å². The molecule has 0 bridgehead atoms. The van der Waals surface area contributed by atoms with E-state index in [9.17, 15) is 9.59 Å². The molecule has 0 spiro atoms. The van der Waals surface area contributed by atoms with Crippen LogP contribution in [0.2, 0.25) is 10.0 Å². The highest BCUT2D eigenvalue weighted by molar-refractivity contribution is 6.31. The summed E-state index contributed by atoms with van der Waals surface area (Å²) in [5, 5.41) is 1.24. The molecular weight excluding hydrogens is 513 g/mol. The highest BCUT2D eigenvalue weighted by Gasteiger charge is 2.42. The molecule has 0 amide bonds. The molecule has 4 rings (SSSR count). The summed E-state index contributed by atoms with van der Waals surface area (Å²) in [5.74, 6) is -2.27. The Morgan fingerprint density at radius 3 is 2.35 bits per heavy atom. The van der Waals surface area contributed by atoms with Gasteiger partial charge >= 0.3 is 11.9 Å². The van der Waals surface area contributed by atoms with Gasteiger partial charge in [-0.25, -0.2) is 4.79 Å². The lowest BCUT2D eigenvalue weighted by Gasteiger charge is -2.36. The van der Waals surface area contributed by atoms with Crippen LogP contribution < -0.4 is 4.90 Å². The summed E-state index contributed by atoms with van der Waals surface area (Å²) in [6, 6.07) is 15.0. The maximum atomic E-state index is 13.4. The first-order valence-corrected chi connectivity index (χ1v) is 13.0. The van der Waals surface area contributed by atoms with Crippen LogP contribution in [0.25, 0.3) is 0 Å². The average molecular weight is 544 g/mol. The predicted octanol–water partition coefficient (Wildman–Crippen LogP) is 4.98. The Balaban J connectivity index is 1.42. The van der Waals surface area contributed by atoms with Crippen LogP contribution in [0, 0.1) is 5.92 Å². The minimum atomic E-state index is -0.740. The number of benzene rings is 2. The van der Waals surface area contributed by atoms with Gasteiger partial charge in [0.1, 0.15) is 12.5 Å². The molecule has 2 heterocycles. The Hall–Kier alpha value is -2.87. The first-order chi connectivity index (χ1) is 17.8. The van der Waals surface area contributed by atoms with E-state index in [1.54, 1.807) is 32.0 Å². The number of allylic oxidation sites excluding steroid dienone is 1. The van der Waals surface area contributed by atoms with Crippen LogP contribution in [-0.4, -0.2) is 69.0 Å². The number of ether oxygens (including phenoxy) is 2. The van der Waals surface area contributed by atoms with Crippen molar-refractivity contribution in [1.82, 2.24) is 4.90 Å². The molecule has 2 aromatic carbocycles. The van der Waals surface area contributed by atoms with Crippen LogP contribution in [0.1, 0.15) is 25.3 Å². The highest BCUT2D eigenvalue weighted by atomic mass is 35.5. The van der Waals surface area contributed by atoms with Gasteiger partial charge in [-0.05, 0) is 55.8 Å². The fourth-order valence-electron chi connectivity index (χ4n) is 5.02. The third kappa shape index (κ3) is 6.35. The third-order valence-corrected chi connectivity index (χ3v) is 7.40. The van der Waals surface area contributed by atoms with Crippen molar-refractivity contribution < 1.29 is 19.1 Å². The van der Waals surface area contributed by atoms with Gasteiger partial charge in [0.2, 0.25) is 0 Å². The number of piperazine rings is 1. The summed E-state index contributed by atoms with van der Waals surface area (Å²) in [4.78, 5) is 35.2. The van der Waals surface area contributed by atoms with Crippen molar-refractivity contribution >= 4 is 46.5 Å². The lowest BCUT2D eigenvalue weighted by molar-refractivity contribution is -0.144. The van der Waals surface area contributed by atoms with Gasteiger partial charge in [0, 0.05) is 65.8 Å². The van der Waals surface area contributed by atoms with Gasteiger partial charge in [-0.3, -0.25) is 14.7 Å². The van der Waals surface area contributed by atoms with Crippen molar-refractivity contribution in [1.29, 1.82) is 0 Å². The quantitative estimate of drug-likeness (QED) is 0.458. The fourth-order valence-corrected chi connectivity index (χ4v) is 5.35. The molecule has 0 saturated carbocycles. The summed E-state index contributed by atoms with van der Waals surface area (Å²) < 4.78 is 10.8. The molecule has 196 valence electrons. The number of aliphatic imine (C=N–C) groups is 1. The molecule has 0 radical (unpaired) electrons. The fraction of sp³-hybridized carbons (Fsp3) is 0.393. The number of esters is 2. The van der Waals surface area contributed by atoms with Gasteiger partial charge in [-0.15, -0.1) is 0 Å². The zero-order valence-electron chi connectivity index (χ0n) is 21.2. The number of carbonyl (C=O) groups is 2. The standard InChI is InChI=1S/C28H31Cl2N3O4/c1-18-24(27(34)36-3)26(20-5-4-6-22(30)17-20)25(19(2)31-18)28(35)37-16-15-32-11-13-33(14-12-32)23-9-7-21(29)8-10-23/h4-10,17,24,26H,11-16H2,1-3H3.